The van der Waals surface area contributed by atoms with Gasteiger partial charge in [-0.2, -0.15) is 0 Å². The molecule has 0 spiro atoms. The van der Waals surface area contributed by atoms with E-state index in [9.17, 15) is 0 Å². The fraction of sp³-hybridized carbons (Fsp3) is 0.571. The second-order valence-electron chi connectivity index (χ2n) is 4.44. The van der Waals surface area contributed by atoms with Gasteiger partial charge < -0.3 is 10.2 Å². The van der Waals surface area contributed by atoms with Crippen LogP contribution >= 0.6 is 0 Å². The number of rotatable bonds is 4. The second kappa shape index (κ2) is 5.46. The summed E-state index contributed by atoms with van der Waals surface area (Å²) in [6.07, 6.45) is 1.17. The lowest BCUT2D eigenvalue weighted by atomic mass is 9.94. The van der Waals surface area contributed by atoms with Crippen molar-refractivity contribution in [3.63, 3.8) is 0 Å². The van der Waals surface area contributed by atoms with Crippen LogP contribution in [0, 0.1) is 0 Å². The van der Waals surface area contributed by atoms with Gasteiger partial charge >= 0.3 is 0 Å². The fourth-order valence-corrected chi connectivity index (χ4v) is 2.50. The summed E-state index contributed by atoms with van der Waals surface area (Å²) in [7, 11) is 0. The monoisotopic (exact) mass is 218 g/mol. The Morgan fingerprint density at radius 3 is 2.75 bits per heavy atom. The molecule has 0 radical (unpaired) electrons. The number of fused-ring (bicyclic) bond motifs is 1. The predicted octanol–water partition coefficient (Wildman–Crippen LogP) is 2.22. The average Bonchev–Trinajstić information content (AvgIpc) is 2.36. The molecule has 0 bridgehead atoms. The highest BCUT2D eigenvalue weighted by Crippen LogP contribution is 2.23. The minimum Gasteiger partial charge on any atom is -0.309 e. The Morgan fingerprint density at radius 1 is 1.25 bits per heavy atom. The van der Waals surface area contributed by atoms with E-state index in [4.69, 9.17) is 0 Å². The maximum atomic E-state index is 3.63. The van der Waals surface area contributed by atoms with Gasteiger partial charge in [0.25, 0.3) is 0 Å². The van der Waals surface area contributed by atoms with E-state index in [0.29, 0.717) is 6.04 Å². The van der Waals surface area contributed by atoms with Crippen LogP contribution in [0.25, 0.3) is 0 Å². The van der Waals surface area contributed by atoms with Crippen LogP contribution in [0.5, 0.6) is 0 Å². The number of likely N-dealkylation sites (N-methyl/N-ethyl adjacent to an activating group) is 1. The third-order valence-electron chi connectivity index (χ3n) is 3.55. The van der Waals surface area contributed by atoms with Crippen LogP contribution in [-0.4, -0.2) is 31.1 Å². The van der Waals surface area contributed by atoms with E-state index in [-0.39, 0.29) is 0 Å². The van der Waals surface area contributed by atoms with Crippen molar-refractivity contribution in [2.24, 2.45) is 0 Å². The summed E-state index contributed by atoms with van der Waals surface area (Å²) in [6.45, 7) is 8.98. The van der Waals surface area contributed by atoms with Crippen molar-refractivity contribution in [1.82, 2.24) is 10.2 Å². The van der Waals surface area contributed by atoms with Crippen LogP contribution < -0.4 is 5.32 Å². The van der Waals surface area contributed by atoms with Gasteiger partial charge in [-0.15, -0.1) is 0 Å². The van der Waals surface area contributed by atoms with E-state index >= 15 is 0 Å². The molecule has 1 N–H and O–H groups in total. The quantitative estimate of drug-likeness (QED) is 0.833. The lowest BCUT2D eigenvalue weighted by molar-refractivity contribution is 0.261. The number of nitrogens with zero attached hydrogens (tertiary/aromatic N) is 1. The van der Waals surface area contributed by atoms with E-state index in [1.54, 1.807) is 0 Å². The molecule has 1 aliphatic rings. The van der Waals surface area contributed by atoms with E-state index in [0.717, 1.165) is 26.2 Å². The van der Waals surface area contributed by atoms with E-state index in [1.165, 1.54) is 17.5 Å². The zero-order valence-corrected chi connectivity index (χ0v) is 10.4. The zero-order chi connectivity index (χ0) is 11.4. The average molecular weight is 218 g/mol. The van der Waals surface area contributed by atoms with Crippen LogP contribution in [0.2, 0.25) is 0 Å². The second-order valence-corrected chi connectivity index (χ2v) is 4.44. The van der Waals surface area contributed by atoms with Crippen LogP contribution in [-0.2, 0) is 6.42 Å². The summed E-state index contributed by atoms with van der Waals surface area (Å²) in [5.74, 6) is 0. The van der Waals surface area contributed by atoms with Gasteiger partial charge in [-0.05, 0) is 37.2 Å². The third kappa shape index (κ3) is 2.45. The molecular weight excluding hydrogens is 196 g/mol. The van der Waals surface area contributed by atoms with E-state index in [1.807, 2.05) is 0 Å². The van der Waals surface area contributed by atoms with Crippen molar-refractivity contribution in [3.8, 4) is 0 Å². The van der Waals surface area contributed by atoms with Crippen molar-refractivity contribution < 1.29 is 0 Å². The summed E-state index contributed by atoms with van der Waals surface area (Å²) in [4.78, 5) is 2.49. The highest BCUT2D eigenvalue weighted by Gasteiger charge is 2.20. The molecule has 2 heteroatoms. The number of hydrogen-bond donors (Lipinski definition) is 1. The molecule has 0 aromatic heterocycles. The summed E-state index contributed by atoms with van der Waals surface area (Å²) < 4.78 is 0. The molecule has 1 aromatic rings. The van der Waals surface area contributed by atoms with E-state index in [2.05, 4.69) is 48.3 Å². The van der Waals surface area contributed by atoms with Crippen LogP contribution in [0.1, 0.15) is 31.0 Å². The standard InChI is InChI=1S/C14H22N2/c1-3-16(4-2)11-14-13-8-6-5-7-12(13)9-10-15-14/h5-8,14-15H,3-4,9-11H2,1-2H3/t14-/m0/s1. The molecule has 2 rings (SSSR count). The minimum absolute atomic E-state index is 0.518. The molecule has 88 valence electrons. The summed E-state index contributed by atoms with van der Waals surface area (Å²) in [5.41, 5.74) is 3.03. The molecule has 0 saturated carbocycles. The van der Waals surface area contributed by atoms with Gasteiger partial charge in [0, 0.05) is 12.6 Å². The first-order chi connectivity index (χ1) is 7.85. The van der Waals surface area contributed by atoms with Crippen molar-refractivity contribution in [1.29, 1.82) is 0 Å². The normalized spacial score (nSPS) is 19.8. The Morgan fingerprint density at radius 2 is 2.00 bits per heavy atom. The maximum Gasteiger partial charge on any atom is 0.0452 e. The van der Waals surface area contributed by atoms with Gasteiger partial charge in [0.05, 0.1) is 0 Å². The Kier molecular flexibility index (Phi) is 3.97. The topological polar surface area (TPSA) is 15.3 Å². The van der Waals surface area contributed by atoms with Crippen molar-refractivity contribution in [2.75, 3.05) is 26.2 Å². The minimum atomic E-state index is 0.518. The Hall–Kier alpha value is -0.860. The first kappa shape index (κ1) is 11.6. The highest BCUT2D eigenvalue weighted by molar-refractivity contribution is 5.32. The van der Waals surface area contributed by atoms with E-state index < -0.39 is 0 Å². The zero-order valence-electron chi connectivity index (χ0n) is 10.4. The lowest BCUT2D eigenvalue weighted by Crippen LogP contribution is -2.38. The molecule has 1 atom stereocenters. The molecule has 2 nitrogen and oxygen atoms in total. The van der Waals surface area contributed by atoms with Crippen molar-refractivity contribution >= 4 is 0 Å². The summed E-state index contributed by atoms with van der Waals surface area (Å²) in [6, 6.07) is 9.37. The fourth-order valence-electron chi connectivity index (χ4n) is 2.50. The van der Waals surface area contributed by atoms with Gasteiger partial charge in [0.15, 0.2) is 0 Å². The number of nitrogens with one attached hydrogen (secondary N) is 1. The first-order valence-corrected chi connectivity index (χ1v) is 6.38. The highest BCUT2D eigenvalue weighted by atomic mass is 15.1. The molecule has 0 amide bonds. The Balaban J connectivity index is 2.12. The van der Waals surface area contributed by atoms with Gasteiger partial charge in [-0.1, -0.05) is 38.1 Å². The molecular formula is C14H22N2. The maximum absolute atomic E-state index is 3.63. The Labute approximate surface area is 98.7 Å². The third-order valence-corrected chi connectivity index (χ3v) is 3.55. The van der Waals surface area contributed by atoms with Crippen molar-refractivity contribution in [3.05, 3.63) is 35.4 Å². The molecule has 0 aliphatic carbocycles. The van der Waals surface area contributed by atoms with Crippen LogP contribution in [0.15, 0.2) is 24.3 Å². The van der Waals surface area contributed by atoms with Crippen LogP contribution in [0.3, 0.4) is 0 Å². The predicted molar refractivity (Wildman–Crippen MR) is 68.7 cm³/mol. The largest absolute Gasteiger partial charge is 0.309 e. The molecule has 16 heavy (non-hydrogen) atoms. The van der Waals surface area contributed by atoms with Gasteiger partial charge in [0.2, 0.25) is 0 Å². The van der Waals surface area contributed by atoms with Crippen molar-refractivity contribution in [2.45, 2.75) is 26.3 Å². The molecule has 0 fully saturated rings. The molecule has 0 unspecified atom stereocenters. The van der Waals surface area contributed by atoms with Gasteiger partial charge in [-0.25, -0.2) is 0 Å². The number of benzene rings is 1. The first-order valence-electron chi connectivity index (χ1n) is 6.38. The SMILES string of the molecule is CCN(CC)C[C@@H]1NCCc2ccccc21. The molecule has 0 saturated heterocycles. The molecule has 1 aromatic carbocycles. The number of hydrogen-bond acceptors (Lipinski definition) is 2. The smallest absolute Gasteiger partial charge is 0.0452 e. The van der Waals surface area contributed by atoms with Gasteiger partial charge in [-0.3, -0.25) is 0 Å². The molecule has 1 aliphatic heterocycles. The lowest BCUT2D eigenvalue weighted by Gasteiger charge is -2.31. The van der Waals surface area contributed by atoms with Crippen LogP contribution in [0.4, 0.5) is 0 Å². The van der Waals surface area contributed by atoms with Gasteiger partial charge in [0.1, 0.15) is 0 Å². The Bertz CT molecular complexity index is 331. The summed E-state index contributed by atoms with van der Waals surface area (Å²) in [5, 5.41) is 3.63. The summed E-state index contributed by atoms with van der Waals surface area (Å²) >= 11 is 0. The molecule has 1 heterocycles.